The van der Waals surface area contributed by atoms with Crippen molar-refractivity contribution in [2.45, 2.75) is 63.8 Å². The van der Waals surface area contributed by atoms with Crippen LogP contribution < -0.4 is 21.3 Å². The molecule has 0 unspecified atom stereocenters. The van der Waals surface area contributed by atoms with E-state index in [2.05, 4.69) is 31.2 Å². The lowest BCUT2D eigenvalue weighted by Crippen LogP contribution is -2.41. The number of unbranched alkanes of at least 4 members (excludes halogenated alkanes) is 2. The first-order valence-corrected chi connectivity index (χ1v) is 18.8. The summed E-state index contributed by atoms with van der Waals surface area (Å²) in [6.45, 7) is 0.957. The summed E-state index contributed by atoms with van der Waals surface area (Å²) in [4.78, 5) is 83.5. The Morgan fingerprint density at radius 3 is 1.28 bits per heavy atom. The number of hydrogen-bond acceptors (Lipinski definition) is 12. The molecule has 58 heavy (non-hydrogen) atoms. The number of nitrogens with zero attached hydrogens (tertiary/aromatic N) is 2. The predicted molar refractivity (Wildman–Crippen MR) is 211 cm³/mol. The van der Waals surface area contributed by atoms with E-state index in [1.54, 1.807) is 12.1 Å². The van der Waals surface area contributed by atoms with E-state index in [0.29, 0.717) is 50.2 Å². The molecule has 4 N–H and O–H groups in total. The number of pyridine rings is 2. The maximum atomic E-state index is 13.0. The molecule has 0 fully saturated rings. The highest BCUT2D eigenvalue weighted by molar-refractivity contribution is 5.97. The molecule has 0 saturated carbocycles. The number of nitrogens with one attached hydrogen (secondary N) is 4. The van der Waals surface area contributed by atoms with Gasteiger partial charge in [0, 0.05) is 25.5 Å². The van der Waals surface area contributed by atoms with E-state index in [1.165, 1.54) is 38.7 Å². The van der Waals surface area contributed by atoms with Gasteiger partial charge in [0.15, 0.2) is 0 Å². The zero-order valence-electron chi connectivity index (χ0n) is 32.4. The van der Waals surface area contributed by atoms with E-state index in [0.717, 1.165) is 11.1 Å². The summed E-state index contributed by atoms with van der Waals surface area (Å²) >= 11 is 0. The zero-order valence-corrected chi connectivity index (χ0v) is 32.4. The summed E-state index contributed by atoms with van der Waals surface area (Å²) in [5, 5.41) is 10.7. The van der Waals surface area contributed by atoms with Gasteiger partial charge in [-0.25, -0.2) is 19.2 Å². The van der Waals surface area contributed by atoms with Crippen molar-refractivity contribution in [3.05, 3.63) is 120 Å². The average Bonchev–Trinajstić information content (AvgIpc) is 3.26. The standard InChI is InChI=1S/C42H48N6O10/c1-55-39(51)35(17-9-11-23-43-41(53)57-27-29-13-5-3-6-14-29)47-37(49)31-19-21-33(45-25-31)34-22-20-32(26-46-34)38(50)48-36(40(52)56-2)18-10-12-24-44-42(54)58-28-30-15-7-4-8-16-30/h3-8,13-16,19-22,25-26,35-36H,9-12,17-18,23-24,27-28H2,1-2H3,(H,43,53)(H,44,54)(H,47,49)(H,48,50)/t35-,36-/m0/s1. The fraction of sp³-hybridized carbons (Fsp3) is 0.333. The van der Waals surface area contributed by atoms with E-state index in [1.807, 2.05) is 60.7 Å². The van der Waals surface area contributed by atoms with Gasteiger partial charge in [0.1, 0.15) is 25.3 Å². The number of rotatable bonds is 21. The molecule has 16 heteroatoms. The third kappa shape index (κ3) is 15.0. The second-order valence-electron chi connectivity index (χ2n) is 12.9. The van der Waals surface area contributed by atoms with Crippen LogP contribution in [-0.2, 0) is 41.8 Å². The topological polar surface area (TPSA) is 213 Å². The predicted octanol–water partition coefficient (Wildman–Crippen LogP) is 4.88. The van der Waals surface area contributed by atoms with Gasteiger partial charge in [0.05, 0.1) is 36.7 Å². The number of methoxy groups -OCH3 is 2. The molecular weight excluding hydrogens is 748 g/mol. The van der Waals surface area contributed by atoms with Gasteiger partial charge in [-0.2, -0.15) is 0 Å². The lowest BCUT2D eigenvalue weighted by atomic mass is 10.1. The second-order valence-corrected chi connectivity index (χ2v) is 12.9. The van der Waals surface area contributed by atoms with E-state index < -0.39 is 48.0 Å². The Bertz CT molecular complexity index is 1790. The first-order chi connectivity index (χ1) is 28.2. The number of alkyl carbamates (subject to hydrolysis) is 2. The van der Waals surface area contributed by atoms with Gasteiger partial charge in [0.2, 0.25) is 0 Å². The Balaban J connectivity index is 1.19. The van der Waals surface area contributed by atoms with Crippen molar-refractivity contribution in [3.8, 4) is 11.4 Å². The Morgan fingerprint density at radius 2 is 0.931 bits per heavy atom. The van der Waals surface area contributed by atoms with Crippen molar-refractivity contribution in [2.24, 2.45) is 0 Å². The maximum Gasteiger partial charge on any atom is 0.407 e. The molecule has 4 aromatic rings. The summed E-state index contributed by atoms with van der Waals surface area (Å²) in [6, 6.07) is 23.0. The van der Waals surface area contributed by atoms with Gasteiger partial charge < -0.3 is 40.2 Å². The molecule has 16 nitrogen and oxygen atoms in total. The number of benzene rings is 2. The van der Waals surface area contributed by atoms with Gasteiger partial charge in [-0.1, -0.05) is 60.7 Å². The van der Waals surface area contributed by atoms with Crippen molar-refractivity contribution >= 4 is 35.9 Å². The fourth-order valence-electron chi connectivity index (χ4n) is 5.50. The molecule has 2 aromatic heterocycles. The molecule has 0 aliphatic heterocycles. The first-order valence-electron chi connectivity index (χ1n) is 18.8. The van der Waals surface area contributed by atoms with Crippen molar-refractivity contribution in [3.63, 3.8) is 0 Å². The van der Waals surface area contributed by atoms with E-state index in [-0.39, 0.29) is 37.2 Å². The van der Waals surface area contributed by atoms with Crippen LogP contribution in [0.3, 0.4) is 0 Å². The van der Waals surface area contributed by atoms with E-state index >= 15 is 0 Å². The summed E-state index contributed by atoms with van der Waals surface area (Å²) in [7, 11) is 2.47. The van der Waals surface area contributed by atoms with Gasteiger partial charge in [-0.3, -0.25) is 19.6 Å². The van der Waals surface area contributed by atoms with Crippen LogP contribution in [0.15, 0.2) is 97.3 Å². The number of aromatic nitrogens is 2. The van der Waals surface area contributed by atoms with Crippen LogP contribution in [0.4, 0.5) is 9.59 Å². The van der Waals surface area contributed by atoms with Crippen LogP contribution in [-0.4, -0.2) is 85.3 Å². The van der Waals surface area contributed by atoms with Crippen LogP contribution in [0.5, 0.6) is 0 Å². The molecule has 0 spiro atoms. The lowest BCUT2D eigenvalue weighted by Gasteiger charge is -2.17. The average molecular weight is 797 g/mol. The van der Waals surface area contributed by atoms with Crippen LogP contribution in [0.25, 0.3) is 11.4 Å². The number of carbonyl (C=O) groups is 6. The number of ether oxygens (including phenoxy) is 4. The summed E-state index contributed by atoms with van der Waals surface area (Å²) < 4.78 is 20.1. The van der Waals surface area contributed by atoms with Gasteiger partial charge >= 0.3 is 24.1 Å². The van der Waals surface area contributed by atoms with Gasteiger partial charge in [-0.15, -0.1) is 0 Å². The molecule has 4 amide bonds. The molecule has 306 valence electrons. The highest BCUT2D eigenvalue weighted by Crippen LogP contribution is 2.16. The normalized spacial score (nSPS) is 11.6. The van der Waals surface area contributed by atoms with Crippen LogP contribution in [0, 0.1) is 0 Å². The maximum absolute atomic E-state index is 13.0. The number of amides is 4. The van der Waals surface area contributed by atoms with Gasteiger partial charge in [0.25, 0.3) is 11.8 Å². The Labute approximate surface area is 336 Å². The van der Waals surface area contributed by atoms with Crippen molar-refractivity contribution in [2.75, 3.05) is 27.3 Å². The SMILES string of the molecule is COC(=O)[C@H](CCCCNC(=O)OCc1ccccc1)NC(=O)c1ccc(-c2ccc(C(=O)N[C@@H](CCCCNC(=O)OCc3ccccc3)C(=O)OC)cn2)nc1. The summed E-state index contributed by atoms with van der Waals surface area (Å²) in [5.74, 6) is -2.28. The fourth-order valence-corrected chi connectivity index (χ4v) is 5.50. The van der Waals surface area contributed by atoms with Gasteiger partial charge in [-0.05, 0) is 73.9 Å². The summed E-state index contributed by atoms with van der Waals surface area (Å²) in [5.41, 5.74) is 2.99. The zero-order chi connectivity index (χ0) is 41.5. The van der Waals surface area contributed by atoms with Crippen LogP contribution in [0.1, 0.15) is 70.4 Å². The highest BCUT2D eigenvalue weighted by Gasteiger charge is 2.24. The van der Waals surface area contributed by atoms with Crippen molar-refractivity contribution in [1.29, 1.82) is 0 Å². The minimum Gasteiger partial charge on any atom is -0.467 e. The molecule has 0 bridgehead atoms. The second kappa shape index (κ2) is 23.9. The minimum atomic E-state index is -0.917. The van der Waals surface area contributed by atoms with Crippen LogP contribution >= 0.6 is 0 Å². The largest absolute Gasteiger partial charge is 0.467 e. The van der Waals surface area contributed by atoms with Crippen LogP contribution in [0.2, 0.25) is 0 Å². The monoisotopic (exact) mass is 796 g/mol. The van der Waals surface area contributed by atoms with Crippen molar-refractivity contribution < 1.29 is 47.7 Å². The molecular formula is C42H48N6O10. The molecule has 0 aliphatic carbocycles. The minimum absolute atomic E-state index is 0.154. The summed E-state index contributed by atoms with van der Waals surface area (Å²) in [6.07, 6.45) is 4.23. The first kappa shape index (κ1) is 43.9. The number of esters is 2. The lowest BCUT2D eigenvalue weighted by molar-refractivity contribution is -0.143. The molecule has 4 rings (SSSR count). The van der Waals surface area contributed by atoms with Crippen molar-refractivity contribution in [1.82, 2.24) is 31.2 Å². The molecule has 2 aromatic carbocycles. The molecule has 0 radical (unpaired) electrons. The third-order valence-electron chi connectivity index (χ3n) is 8.70. The molecule has 0 aliphatic rings. The van der Waals surface area contributed by atoms with E-state index in [4.69, 9.17) is 18.9 Å². The Kier molecular flexibility index (Phi) is 18.1. The number of hydrogen-bond donors (Lipinski definition) is 4. The molecule has 2 heterocycles. The highest BCUT2D eigenvalue weighted by atomic mass is 16.6. The number of carbonyl (C=O) groups excluding carboxylic acids is 6. The smallest absolute Gasteiger partial charge is 0.407 e. The third-order valence-corrected chi connectivity index (χ3v) is 8.70. The quantitative estimate of drug-likeness (QED) is 0.0505. The Morgan fingerprint density at radius 1 is 0.534 bits per heavy atom. The molecule has 0 saturated heterocycles. The van der Waals surface area contributed by atoms with E-state index in [9.17, 15) is 28.8 Å². The Hall–Kier alpha value is -6.84. The molecule has 2 atom stereocenters.